The Balaban J connectivity index is 2.79. The summed E-state index contributed by atoms with van der Waals surface area (Å²) in [6.07, 6.45) is 0. The standard InChI is InChI=1S/C15H23FN2O3S/c1-11(2)22(20,21)17(4)10-15(19)18(5)12(3)13-6-8-14(16)9-7-13/h6-9,11-12H,10H2,1-5H3/t12-/m1/s1. The molecule has 5 nitrogen and oxygen atoms in total. The highest BCUT2D eigenvalue weighted by atomic mass is 32.2. The van der Waals surface area contributed by atoms with E-state index < -0.39 is 15.3 Å². The molecule has 1 amide bonds. The molecule has 0 bridgehead atoms. The van der Waals surface area contributed by atoms with Crippen molar-refractivity contribution in [3.05, 3.63) is 35.6 Å². The van der Waals surface area contributed by atoms with Gasteiger partial charge in [-0.2, -0.15) is 4.31 Å². The topological polar surface area (TPSA) is 57.7 Å². The van der Waals surface area contributed by atoms with E-state index in [1.807, 2.05) is 6.92 Å². The van der Waals surface area contributed by atoms with Crippen LogP contribution in [-0.4, -0.2) is 49.4 Å². The quantitative estimate of drug-likeness (QED) is 0.802. The molecule has 1 rings (SSSR count). The molecule has 0 saturated heterocycles. The summed E-state index contributed by atoms with van der Waals surface area (Å²) in [6.45, 7) is 4.73. The van der Waals surface area contributed by atoms with E-state index in [1.165, 1.54) is 24.1 Å². The molecule has 0 saturated carbocycles. The number of hydrogen-bond acceptors (Lipinski definition) is 3. The highest BCUT2D eigenvalue weighted by Gasteiger charge is 2.26. The number of carbonyl (C=O) groups excluding carboxylic acids is 1. The van der Waals surface area contributed by atoms with Crippen LogP contribution in [0.25, 0.3) is 0 Å². The average Bonchev–Trinajstić information content (AvgIpc) is 2.46. The van der Waals surface area contributed by atoms with E-state index in [0.29, 0.717) is 0 Å². The van der Waals surface area contributed by atoms with Crippen LogP contribution in [-0.2, 0) is 14.8 Å². The van der Waals surface area contributed by atoms with Gasteiger partial charge in [0.15, 0.2) is 0 Å². The highest BCUT2D eigenvalue weighted by molar-refractivity contribution is 7.89. The molecule has 0 fully saturated rings. The second-order valence-electron chi connectivity index (χ2n) is 5.58. The van der Waals surface area contributed by atoms with E-state index in [2.05, 4.69) is 0 Å². The van der Waals surface area contributed by atoms with Gasteiger partial charge in [-0.25, -0.2) is 12.8 Å². The fraction of sp³-hybridized carbons (Fsp3) is 0.533. The molecule has 0 spiro atoms. The number of benzene rings is 1. The zero-order valence-electron chi connectivity index (χ0n) is 13.6. The van der Waals surface area contributed by atoms with Crippen LogP contribution in [0, 0.1) is 5.82 Å². The van der Waals surface area contributed by atoms with E-state index in [1.54, 1.807) is 33.0 Å². The molecule has 0 aliphatic carbocycles. The van der Waals surface area contributed by atoms with Crippen molar-refractivity contribution in [2.24, 2.45) is 0 Å². The Bertz CT molecular complexity index is 614. The normalized spacial score (nSPS) is 13.5. The minimum Gasteiger partial charge on any atom is -0.338 e. The number of rotatable bonds is 6. The minimum absolute atomic E-state index is 0.220. The Morgan fingerprint density at radius 2 is 1.64 bits per heavy atom. The van der Waals surface area contributed by atoms with Crippen molar-refractivity contribution in [3.8, 4) is 0 Å². The van der Waals surface area contributed by atoms with Crippen molar-refractivity contribution >= 4 is 15.9 Å². The van der Waals surface area contributed by atoms with E-state index in [0.717, 1.165) is 9.87 Å². The largest absolute Gasteiger partial charge is 0.338 e. The lowest BCUT2D eigenvalue weighted by atomic mass is 10.1. The Morgan fingerprint density at radius 3 is 2.09 bits per heavy atom. The minimum atomic E-state index is -3.47. The van der Waals surface area contributed by atoms with Crippen LogP contribution < -0.4 is 0 Å². The number of halogens is 1. The molecule has 0 aliphatic rings. The molecule has 124 valence electrons. The maximum Gasteiger partial charge on any atom is 0.238 e. The van der Waals surface area contributed by atoms with Crippen LogP contribution >= 0.6 is 0 Å². The lowest BCUT2D eigenvalue weighted by Crippen LogP contribution is -2.42. The molecule has 0 N–H and O–H groups in total. The first-order valence-corrected chi connectivity index (χ1v) is 8.54. The molecule has 1 aromatic carbocycles. The molecule has 0 aromatic heterocycles. The van der Waals surface area contributed by atoms with Gasteiger partial charge in [0.1, 0.15) is 5.82 Å². The SMILES string of the molecule is CC(C)S(=O)(=O)N(C)CC(=O)N(C)[C@H](C)c1ccc(F)cc1. The average molecular weight is 330 g/mol. The van der Waals surface area contributed by atoms with Crippen LogP contribution in [0.2, 0.25) is 0 Å². The fourth-order valence-electron chi connectivity index (χ4n) is 1.93. The molecule has 7 heteroatoms. The van der Waals surface area contributed by atoms with Gasteiger partial charge in [-0.1, -0.05) is 12.1 Å². The Hall–Kier alpha value is -1.47. The zero-order chi connectivity index (χ0) is 17.1. The van der Waals surface area contributed by atoms with Gasteiger partial charge in [0.25, 0.3) is 0 Å². The summed E-state index contributed by atoms with van der Waals surface area (Å²) >= 11 is 0. The second-order valence-corrected chi connectivity index (χ2v) is 8.18. The molecule has 1 aromatic rings. The van der Waals surface area contributed by atoms with Gasteiger partial charge in [-0.3, -0.25) is 4.79 Å². The number of sulfonamides is 1. The van der Waals surface area contributed by atoms with Gasteiger partial charge in [0, 0.05) is 14.1 Å². The third-order valence-electron chi connectivity index (χ3n) is 3.71. The fourth-order valence-corrected chi connectivity index (χ4v) is 2.94. The molecule has 0 heterocycles. The summed E-state index contributed by atoms with van der Waals surface area (Å²) in [5.41, 5.74) is 0.784. The van der Waals surface area contributed by atoms with Crippen molar-refractivity contribution in [2.75, 3.05) is 20.6 Å². The maximum atomic E-state index is 12.9. The van der Waals surface area contributed by atoms with Gasteiger partial charge < -0.3 is 4.90 Å². The van der Waals surface area contributed by atoms with Crippen molar-refractivity contribution in [2.45, 2.75) is 32.1 Å². The predicted molar refractivity (Wildman–Crippen MR) is 84.3 cm³/mol. The first-order chi connectivity index (χ1) is 10.1. The number of hydrogen-bond donors (Lipinski definition) is 0. The third-order valence-corrected chi connectivity index (χ3v) is 5.90. The first-order valence-electron chi connectivity index (χ1n) is 7.03. The van der Waals surface area contributed by atoms with E-state index >= 15 is 0 Å². The van der Waals surface area contributed by atoms with E-state index in [-0.39, 0.29) is 24.3 Å². The van der Waals surface area contributed by atoms with Crippen LogP contribution in [0.5, 0.6) is 0 Å². The Labute approximate surface area is 131 Å². The van der Waals surface area contributed by atoms with Gasteiger partial charge in [-0.15, -0.1) is 0 Å². The lowest BCUT2D eigenvalue weighted by molar-refractivity contribution is -0.131. The summed E-state index contributed by atoms with van der Waals surface area (Å²) in [5, 5.41) is -0.579. The summed E-state index contributed by atoms with van der Waals surface area (Å²) in [4.78, 5) is 13.7. The van der Waals surface area contributed by atoms with Crippen LogP contribution in [0.4, 0.5) is 4.39 Å². The number of carbonyl (C=O) groups is 1. The molecule has 0 unspecified atom stereocenters. The summed E-state index contributed by atoms with van der Waals surface area (Å²) in [7, 11) is -0.469. The highest BCUT2D eigenvalue weighted by Crippen LogP contribution is 2.19. The van der Waals surface area contributed by atoms with Gasteiger partial charge >= 0.3 is 0 Å². The third kappa shape index (κ3) is 4.27. The smallest absolute Gasteiger partial charge is 0.238 e. The van der Waals surface area contributed by atoms with Gasteiger partial charge in [0.05, 0.1) is 17.8 Å². The van der Waals surface area contributed by atoms with Crippen LogP contribution in [0.15, 0.2) is 24.3 Å². The molecule has 0 aliphatic heterocycles. The molecule has 22 heavy (non-hydrogen) atoms. The van der Waals surface area contributed by atoms with Crippen LogP contribution in [0.1, 0.15) is 32.4 Å². The van der Waals surface area contributed by atoms with E-state index in [4.69, 9.17) is 0 Å². The van der Waals surface area contributed by atoms with Crippen LogP contribution in [0.3, 0.4) is 0 Å². The zero-order valence-corrected chi connectivity index (χ0v) is 14.4. The summed E-state index contributed by atoms with van der Waals surface area (Å²) in [5.74, 6) is -0.656. The van der Waals surface area contributed by atoms with Crippen molar-refractivity contribution in [1.82, 2.24) is 9.21 Å². The lowest BCUT2D eigenvalue weighted by Gasteiger charge is -2.28. The Morgan fingerprint density at radius 1 is 1.14 bits per heavy atom. The molecular weight excluding hydrogens is 307 g/mol. The Kier molecular flexibility index (Phi) is 6.08. The molecule has 1 atom stereocenters. The summed E-state index contributed by atoms with van der Waals surface area (Å²) < 4.78 is 38.0. The van der Waals surface area contributed by atoms with Gasteiger partial charge in [-0.05, 0) is 38.5 Å². The van der Waals surface area contributed by atoms with Gasteiger partial charge in [0.2, 0.25) is 15.9 Å². The monoisotopic (exact) mass is 330 g/mol. The maximum absolute atomic E-state index is 12.9. The van der Waals surface area contributed by atoms with Crippen molar-refractivity contribution in [3.63, 3.8) is 0 Å². The number of amides is 1. The second kappa shape index (κ2) is 7.19. The molecular formula is C15H23FN2O3S. The summed E-state index contributed by atoms with van der Waals surface area (Å²) in [6, 6.07) is 5.61. The predicted octanol–water partition coefficient (Wildman–Crippen LogP) is 2.02. The van der Waals surface area contributed by atoms with E-state index in [9.17, 15) is 17.6 Å². The number of likely N-dealkylation sites (N-methyl/N-ethyl adjacent to an activating group) is 2. The van der Waals surface area contributed by atoms with Crippen molar-refractivity contribution in [1.29, 1.82) is 0 Å². The van der Waals surface area contributed by atoms with Crippen molar-refractivity contribution < 1.29 is 17.6 Å². The first kappa shape index (κ1) is 18.6. The number of nitrogens with zero attached hydrogens (tertiary/aromatic N) is 2. The molecule has 0 radical (unpaired) electrons.